The van der Waals surface area contributed by atoms with Gasteiger partial charge in [-0.25, -0.2) is 0 Å². The quantitative estimate of drug-likeness (QED) is 0.447. The lowest BCUT2D eigenvalue weighted by atomic mass is 9.56. The molecule has 6 heteroatoms. The van der Waals surface area contributed by atoms with Crippen LogP contribution in [0, 0.1) is 5.41 Å². The van der Waals surface area contributed by atoms with Crippen molar-refractivity contribution in [3.63, 3.8) is 0 Å². The van der Waals surface area contributed by atoms with Crippen LogP contribution in [0.5, 0.6) is 0 Å². The van der Waals surface area contributed by atoms with Gasteiger partial charge in [-0.3, -0.25) is 4.99 Å². The summed E-state index contributed by atoms with van der Waals surface area (Å²) in [5, 5.41) is 6.88. The van der Waals surface area contributed by atoms with Crippen molar-refractivity contribution in [2.24, 2.45) is 17.5 Å². The molecule has 0 aliphatic heterocycles. The van der Waals surface area contributed by atoms with Crippen LogP contribution in [-0.4, -0.2) is 36.3 Å². The predicted octanol–water partition coefficient (Wildman–Crippen LogP) is 2.51. The number of nitrogens with one attached hydrogen (secondary N) is 2. The Morgan fingerprint density at radius 2 is 2.14 bits per heavy atom. The zero-order chi connectivity index (χ0) is 15.7. The number of aliphatic imine (C=N–C) groups is 1. The van der Waals surface area contributed by atoms with Gasteiger partial charge < -0.3 is 19.9 Å². The first-order chi connectivity index (χ1) is 9.82. The molecule has 1 aromatic heterocycles. The first kappa shape index (κ1) is 19.3. The molecule has 2 N–H and O–H groups in total. The molecule has 22 heavy (non-hydrogen) atoms. The van der Waals surface area contributed by atoms with Crippen LogP contribution in [0.15, 0.2) is 23.5 Å². The average Bonchev–Trinajstić information content (AvgIpc) is 2.87. The van der Waals surface area contributed by atoms with E-state index in [2.05, 4.69) is 48.7 Å². The van der Waals surface area contributed by atoms with Gasteiger partial charge in [0, 0.05) is 51.6 Å². The number of rotatable bonds is 4. The zero-order valence-electron chi connectivity index (χ0n) is 14.4. The van der Waals surface area contributed by atoms with Gasteiger partial charge in [0.2, 0.25) is 0 Å². The van der Waals surface area contributed by atoms with Crippen LogP contribution < -0.4 is 10.6 Å². The van der Waals surface area contributed by atoms with E-state index in [4.69, 9.17) is 4.74 Å². The number of nitrogens with zero attached hydrogens (tertiary/aromatic N) is 2. The molecule has 126 valence electrons. The van der Waals surface area contributed by atoms with Crippen LogP contribution in [0.1, 0.15) is 32.8 Å². The van der Waals surface area contributed by atoms with E-state index in [1.165, 1.54) is 5.56 Å². The Balaban J connectivity index is 0.00000242. The molecule has 2 unspecified atom stereocenters. The van der Waals surface area contributed by atoms with Gasteiger partial charge in [0.05, 0.1) is 5.60 Å². The average molecular weight is 420 g/mol. The zero-order valence-corrected chi connectivity index (χ0v) is 16.8. The van der Waals surface area contributed by atoms with Crippen molar-refractivity contribution in [1.29, 1.82) is 0 Å². The Hall–Kier alpha value is -0.760. The van der Waals surface area contributed by atoms with Crippen molar-refractivity contribution in [3.8, 4) is 0 Å². The van der Waals surface area contributed by atoms with E-state index in [1.807, 2.05) is 24.9 Å². The highest BCUT2D eigenvalue weighted by Gasteiger charge is 2.58. The van der Waals surface area contributed by atoms with Crippen LogP contribution in [0.25, 0.3) is 0 Å². The molecule has 5 nitrogen and oxygen atoms in total. The minimum absolute atomic E-state index is 0. The predicted molar refractivity (Wildman–Crippen MR) is 102 cm³/mol. The van der Waals surface area contributed by atoms with Gasteiger partial charge in [0.25, 0.3) is 0 Å². The second-order valence-electron chi connectivity index (χ2n) is 6.67. The number of hydrogen-bond acceptors (Lipinski definition) is 2. The molecule has 1 aromatic rings. The molecule has 0 spiro atoms. The van der Waals surface area contributed by atoms with Crippen molar-refractivity contribution in [2.45, 2.75) is 45.4 Å². The lowest BCUT2D eigenvalue weighted by Crippen LogP contribution is -2.69. The molecule has 1 aliphatic rings. The van der Waals surface area contributed by atoms with Crippen LogP contribution >= 0.6 is 24.0 Å². The van der Waals surface area contributed by atoms with Gasteiger partial charge >= 0.3 is 0 Å². The largest absolute Gasteiger partial charge is 0.378 e. The molecular weight excluding hydrogens is 391 g/mol. The third kappa shape index (κ3) is 3.59. The number of halogens is 1. The monoisotopic (exact) mass is 420 g/mol. The molecule has 0 radical (unpaired) electrons. The molecule has 1 fully saturated rings. The maximum atomic E-state index is 5.66. The molecule has 0 saturated heterocycles. The summed E-state index contributed by atoms with van der Waals surface area (Å²) in [6, 6.07) is 2.47. The van der Waals surface area contributed by atoms with Gasteiger partial charge in [0.1, 0.15) is 0 Å². The number of methoxy groups -OCH3 is 1. The minimum Gasteiger partial charge on any atom is -0.378 e. The molecule has 2 atom stereocenters. The van der Waals surface area contributed by atoms with Crippen molar-refractivity contribution in [3.05, 3.63) is 24.0 Å². The first-order valence-electron chi connectivity index (χ1n) is 7.45. The summed E-state index contributed by atoms with van der Waals surface area (Å²) in [6.45, 7) is 7.42. The van der Waals surface area contributed by atoms with E-state index in [0.717, 1.165) is 18.9 Å². The molecule has 1 heterocycles. The van der Waals surface area contributed by atoms with E-state index in [9.17, 15) is 0 Å². The smallest absolute Gasteiger partial charge is 0.191 e. The fourth-order valence-corrected chi connectivity index (χ4v) is 2.93. The third-order valence-corrected chi connectivity index (χ3v) is 5.17. The third-order valence-electron chi connectivity index (χ3n) is 5.17. The summed E-state index contributed by atoms with van der Waals surface area (Å²) in [6.07, 6.45) is 5.14. The standard InChI is InChI=1S/C16H28N4O.HI/c1-15(2)13(9-16(15,3)21-6)19-14(17-4)18-10-12-7-8-20(5)11-12;/h7-8,11,13H,9-10H2,1-6H3,(H2,17,18,19);1H. The van der Waals surface area contributed by atoms with Crippen LogP contribution in [0.4, 0.5) is 0 Å². The minimum atomic E-state index is -0.0665. The topological polar surface area (TPSA) is 50.6 Å². The lowest BCUT2D eigenvalue weighted by molar-refractivity contribution is -0.176. The number of hydrogen-bond donors (Lipinski definition) is 2. The first-order valence-corrected chi connectivity index (χ1v) is 7.45. The highest BCUT2D eigenvalue weighted by molar-refractivity contribution is 14.0. The number of ether oxygens (including phenoxy) is 1. The molecular formula is C16H29IN4O. The van der Waals surface area contributed by atoms with E-state index >= 15 is 0 Å². The number of guanidine groups is 1. The van der Waals surface area contributed by atoms with Crippen LogP contribution in [0.2, 0.25) is 0 Å². The molecule has 1 saturated carbocycles. The van der Waals surface area contributed by atoms with E-state index in [1.54, 1.807) is 7.11 Å². The summed E-state index contributed by atoms with van der Waals surface area (Å²) in [5.41, 5.74) is 1.25. The molecule has 1 aliphatic carbocycles. The fraction of sp³-hybridized carbons (Fsp3) is 0.688. The van der Waals surface area contributed by atoms with E-state index in [0.29, 0.717) is 6.04 Å². The number of aryl methyl sites for hydroxylation is 1. The van der Waals surface area contributed by atoms with Crippen LogP contribution in [0.3, 0.4) is 0 Å². The molecule has 0 aromatic carbocycles. The van der Waals surface area contributed by atoms with Gasteiger partial charge in [-0.15, -0.1) is 24.0 Å². The van der Waals surface area contributed by atoms with Gasteiger partial charge in [-0.05, 0) is 25.0 Å². The van der Waals surface area contributed by atoms with Crippen molar-refractivity contribution >= 4 is 29.9 Å². The highest BCUT2D eigenvalue weighted by Crippen LogP contribution is 2.51. The van der Waals surface area contributed by atoms with Crippen molar-refractivity contribution < 1.29 is 4.74 Å². The molecule has 0 amide bonds. The maximum Gasteiger partial charge on any atom is 0.191 e. The van der Waals surface area contributed by atoms with Crippen molar-refractivity contribution in [1.82, 2.24) is 15.2 Å². The second-order valence-corrected chi connectivity index (χ2v) is 6.67. The van der Waals surface area contributed by atoms with E-state index < -0.39 is 0 Å². The fourth-order valence-electron chi connectivity index (χ4n) is 2.93. The Kier molecular flexibility index (Phi) is 6.32. The summed E-state index contributed by atoms with van der Waals surface area (Å²) < 4.78 is 7.71. The van der Waals surface area contributed by atoms with Crippen LogP contribution in [-0.2, 0) is 18.3 Å². The lowest BCUT2D eigenvalue weighted by Gasteiger charge is -2.59. The van der Waals surface area contributed by atoms with Gasteiger partial charge in [0.15, 0.2) is 5.96 Å². The summed E-state index contributed by atoms with van der Waals surface area (Å²) >= 11 is 0. The van der Waals surface area contributed by atoms with E-state index in [-0.39, 0.29) is 35.0 Å². The van der Waals surface area contributed by atoms with Gasteiger partial charge in [-0.1, -0.05) is 13.8 Å². The summed E-state index contributed by atoms with van der Waals surface area (Å²) in [7, 11) is 5.63. The Bertz CT molecular complexity index is 526. The molecule has 0 bridgehead atoms. The summed E-state index contributed by atoms with van der Waals surface area (Å²) in [5.74, 6) is 0.843. The Labute approximate surface area is 150 Å². The maximum absolute atomic E-state index is 5.66. The SMILES string of the molecule is CN=C(NCc1ccn(C)c1)NC1CC(C)(OC)C1(C)C.I. The second kappa shape index (κ2) is 7.21. The normalized spacial score (nSPS) is 26.8. The Morgan fingerprint density at radius 3 is 2.59 bits per heavy atom. The number of aromatic nitrogens is 1. The summed E-state index contributed by atoms with van der Waals surface area (Å²) in [4.78, 5) is 4.32. The van der Waals surface area contributed by atoms with Crippen molar-refractivity contribution in [2.75, 3.05) is 14.2 Å². The highest BCUT2D eigenvalue weighted by atomic mass is 127. The van der Waals surface area contributed by atoms with Gasteiger partial charge in [-0.2, -0.15) is 0 Å². The molecule has 2 rings (SSSR count). The Morgan fingerprint density at radius 1 is 1.45 bits per heavy atom.